The predicted molar refractivity (Wildman–Crippen MR) is 88.3 cm³/mol. The van der Waals surface area contributed by atoms with Gasteiger partial charge in [-0.15, -0.1) is 0 Å². The Morgan fingerprint density at radius 3 is 2.62 bits per heavy atom. The summed E-state index contributed by atoms with van der Waals surface area (Å²) in [6.07, 6.45) is 7.84. The average Bonchev–Trinajstić information content (AvgIpc) is 2.98. The van der Waals surface area contributed by atoms with Crippen LogP contribution in [0.4, 0.5) is 0 Å². The molecule has 1 fully saturated rings. The van der Waals surface area contributed by atoms with Crippen LogP contribution in [0, 0.1) is 0 Å². The lowest BCUT2D eigenvalue weighted by Gasteiger charge is -2.41. The summed E-state index contributed by atoms with van der Waals surface area (Å²) in [7, 11) is 4.35. The van der Waals surface area contributed by atoms with E-state index in [2.05, 4.69) is 48.2 Å². The summed E-state index contributed by atoms with van der Waals surface area (Å²) in [5.41, 5.74) is 9.22. The van der Waals surface area contributed by atoms with Crippen molar-refractivity contribution in [3.63, 3.8) is 0 Å². The average molecular weight is 283 g/mol. The van der Waals surface area contributed by atoms with Gasteiger partial charge in [-0.1, -0.05) is 31.0 Å². The van der Waals surface area contributed by atoms with Crippen LogP contribution >= 0.6 is 0 Å². The highest BCUT2D eigenvalue weighted by Gasteiger charge is 2.41. The van der Waals surface area contributed by atoms with Crippen LogP contribution < -0.4 is 5.73 Å². The standard InChI is InChI=1S/C18H25N3/c1-21(2)18(10-5-6-11-18)17(19)13-14-9-12-20-16-8-4-3-7-15(14)16/h3-4,7-9,12,17H,5-6,10-11,13,19H2,1-2H3. The van der Waals surface area contributed by atoms with Gasteiger partial charge in [-0.05, 0) is 51.1 Å². The molecule has 2 N–H and O–H groups in total. The van der Waals surface area contributed by atoms with E-state index in [1.54, 1.807) is 0 Å². The Bertz CT molecular complexity index is 609. The van der Waals surface area contributed by atoms with Gasteiger partial charge in [0.25, 0.3) is 0 Å². The number of benzene rings is 1. The van der Waals surface area contributed by atoms with E-state index in [9.17, 15) is 0 Å². The summed E-state index contributed by atoms with van der Waals surface area (Å²) < 4.78 is 0. The van der Waals surface area contributed by atoms with Gasteiger partial charge >= 0.3 is 0 Å². The molecule has 0 aliphatic heterocycles. The number of pyridine rings is 1. The van der Waals surface area contributed by atoms with E-state index in [1.165, 1.54) is 36.6 Å². The van der Waals surface area contributed by atoms with Gasteiger partial charge in [-0.3, -0.25) is 4.98 Å². The fourth-order valence-electron chi connectivity index (χ4n) is 3.90. The Morgan fingerprint density at radius 1 is 1.19 bits per heavy atom. The van der Waals surface area contributed by atoms with Crippen LogP contribution in [0.5, 0.6) is 0 Å². The van der Waals surface area contributed by atoms with Crippen LogP contribution in [0.25, 0.3) is 10.9 Å². The van der Waals surface area contributed by atoms with Crippen LogP contribution in [-0.4, -0.2) is 35.6 Å². The van der Waals surface area contributed by atoms with Crippen molar-refractivity contribution >= 4 is 10.9 Å². The van der Waals surface area contributed by atoms with Crippen molar-refractivity contribution in [3.05, 3.63) is 42.1 Å². The third kappa shape index (κ3) is 2.56. The lowest BCUT2D eigenvalue weighted by atomic mass is 9.83. The Balaban J connectivity index is 1.91. The lowest BCUT2D eigenvalue weighted by molar-refractivity contribution is 0.123. The van der Waals surface area contributed by atoms with Gasteiger partial charge in [0, 0.05) is 23.2 Å². The number of hydrogen-bond acceptors (Lipinski definition) is 3. The van der Waals surface area contributed by atoms with E-state index in [4.69, 9.17) is 5.73 Å². The number of hydrogen-bond donors (Lipinski definition) is 1. The molecule has 112 valence electrons. The van der Waals surface area contributed by atoms with Crippen LogP contribution in [-0.2, 0) is 6.42 Å². The molecule has 1 aromatic heterocycles. The van der Waals surface area contributed by atoms with E-state index < -0.39 is 0 Å². The Labute approximate surface area is 127 Å². The molecule has 1 saturated carbocycles. The minimum Gasteiger partial charge on any atom is -0.326 e. The van der Waals surface area contributed by atoms with Crippen molar-refractivity contribution in [2.45, 2.75) is 43.7 Å². The molecule has 0 radical (unpaired) electrons. The first-order chi connectivity index (χ1) is 10.1. The predicted octanol–water partition coefficient (Wildman–Crippen LogP) is 2.98. The van der Waals surface area contributed by atoms with E-state index in [1.807, 2.05) is 12.3 Å². The van der Waals surface area contributed by atoms with Gasteiger partial charge in [-0.2, -0.15) is 0 Å². The minimum absolute atomic E-state index is 0.157. The maximum absolute atomic E-state index is 6.68. The summed E-state index contributed by atoms with van der Waals surface area (Å²) in [6, 6.07) is 10.6. The zero-order valence-corrected chi connectivity index (χ0v) is 13.0. The minimum atomic E-state index is 0.157. The number of rotatable bonds is 4. The molecular formula is C18H25N3. The molecule has 21 heavy (non-hydrogen) atoms. The Kier molecular flexibility index (Phi) is 3.96. The van der Waals surface area contributed by atoms with Gasteiger partial charge in [0.1, 0.15) is 0 Å². The number of nitrogens with two attached hydrogens (primary N) is 1. The van der Waals surface area contributed by atoms with Crippen LogP contribution in [0.2, 0.25) is 0 Å². The molecule has 3 rings (SSSR count). The largest absolute Gasteiger partial charge is 0.326 e. The zero-order valence-electron chi connectivity index (χ0n) is 13.0. The Morgan fingerprint density at radius 2 is 1.90 bits per heavy atom. The van der Waals surface area contributed by atoms with E-state index in [0.29, 0.717) is 0 Å². The van der Waals surface area contributed by atoms with Crippen LogP contribution in [0.15, 0.2) is 36.5 Å². The second-order valence-corrected chi connectivity index (χ2v) is 6.50. The molecule has 2 aromatic rings. The summed E-state index contributed by atoms with van der Waals surface area (Å²) in [4.78, 5) is 6.80. The molecule has 3 nitrogen and oxygen atoms in total. The number of nitrogens with zero attached hydrogens (tertiary/aromatic N) is 2. The first kappa shape index (κ1) is 14.5. The monoisotopic (exact) mass is 283 g/mol. The highest BCUT2D eigenvalue weighted by atomic mass is 15.2. The normalized spacial score (nSPS) is 19.2. The molecule has 1 heterocycles. The summed E-state index contributed by atoms with van der Waals surface area (Å²) in [5, 5.41) is 1.24. The second kappa shape index (κ2) is 5.74. The van der Waals surface area contributed by atoms with Crippen molar-refractivity contribution in [3.8, 4) is 0 Å². The number of likely N-dealkylation sites (N-methyl/N-ethyl adjacent to an activating group) is 1. The van der Waals surface area contributed by atoms with Crippen molar-refractivity contribution < 1.29 is 0 Å². The number of aromatic nitrogens is 1. The molecular weight excluding hydrogens is 258 g/mol. The number of fused-ring (bicyclic) bond motifs is 1. The highest BCUT2D eigenvalue weighted by Crippen LogP contribution is 2.37. The molecule has 0 amide bonds. The number of para-hydroxylation sites is 1. The van der Waals surface area contributed by atoms with E-state index in [-0.39, 0.29) is 11.6 Å². The summed E-state index contributed by atoms with van der Waals surface area (Å²) >= 11 is 0. The molecule has 1 aliphatic rings. The van der Waals surface area contributed by atoms with Gasteiger partial charge in [0.15, 0.2) is 0 Å². The molecule has 1 aromatic carbocycles. The van der Waals surface area contributed by atoms with Crippen molar-refractivity contribution in [2.75, 3.05) is 14.1 Å². The first-order valence-corrected chi connectivity index (χ1v) is 7.89. The molecule has 1 aliphatic carbocycles. The molecule has 0 bridgehead atoms. The maximum atomic E-state index is 6.68. The topological polar surface area (TPSA) is 42.1 Å². The molecule has 3 heteroatoms. The molecule has 1 unspecified atom stereocenters. The fourth-order valence-corrected chi connectivity index (χ4v) is 3.90. The zero-order chi connectivity index (χ0) is 14.9. The van der Waals surface area contributed by atoms with Crippen molar-refractivity contribution in [1.29, 1.82) is 0 Å². The van der Waals surface area contributed by atoms with E-state index >= 15 is 0 Å². The van der Waals surface area contributed by atoms with Crippen molar-refractivity contribution in [1.82, 2.24) is 9.88 Å². The van der Waals surface area contributed by atoms with Crippen LogP contribution in [0.1, 0.15) is 31.2 Å². The molecule has 0 saturated heterocycles. The summed E-state index contributed by atoms with van der Waals surface area (Å²) in [6.45, 7) is 0. The third-order valence-corrected chi connectivity index (χ3v) is 5.23. The Hall–Kier alpha value is -1.45. The van der Waals surface area contributed by atoms with Gasteiger partial charge in [0.2, 0.25) is 0 Å². The second-order valence-electron chi connectivity index (χ2n) is 6.50. The molecule has 1 atom stereocenters. The van der Waals surface area contributed by atoms with Crippen molar-refractivity contribution in [2.24, 2.45) is 5.73 Å². The lowest BCUT2D eigenvalue weighted by Crippen LogP contribution is -2.56. The highest BCUT2D eigenvalue weighted by molar-refractivity contribution is 5.81. The maximum Gasteiger partial charge on any atom is 0.0704 e. The fraction of sp³-hybridized carbons (Fsp3) is 0.500. The smallest absolute Gasteiger partial charge is 0.0704 e. The van der Waals surface area contributed by atoms with Gasteiger partial charge in [0.05, 0.1) is 5.52 Å². The quantitative estimate of drug-likeness (QED) is 0.938. The first-order valence-electron chi connectivity index (χ1n) is 7.89. The SMILES string of the molecule is CN(C)C1(C(N)Cc2ccnc3ccccc23)CCCC1. The van der Waals surface area contributed by atoms with E-state index in [0.717, 1.165) is 11.9 Å². The van der Waals surface area contributed by atoms with Gasteiger partial charge < -0.3 is 10.6 Å². The van der Waals surface area contributed by atoms with Gasteiger partial charge in [-0.25, -0.2) is 0 Å². The van der Waals surface area contributed by atoms with Crippen LogP contribution in [0.3, 0.4) is 0 Å². The molecule has 0 spiro atoms. The summed E-state index contributed by atoms with van der Waals surface area (Å²) in [5.74, 6) is 0. The third-order valence-electron chi connectivity index (χ3n) is 5.23.